The number of benzene rings is 1. The van der Waals surface area contributed by atoms with E-state index in [4.69, 9.17) is 0 Å². The number of carbonyl (C=O) groups is 2. The Bertz CT molecular complexity index is 841. The summed E-state index contributed by atoms with van der Waals surface area (Å²) >= 11 is 0. The van der Waals surface area contributed by atoms with Crippen LogP contribution in [0.15, 0.2) is 30.5 Å². The number of rotatable bonds is 7. The maximum absolute atomic E-state index is 13.2. The summed E-state index contributed by atoms with van der Waals surface area (Å²) in [5, 5.41) is 7.51. The van der Waals surface area contributed by atoms with Crippen molar-refractivity contribution in [3.05, 3.63) is 47.3 Å². The van der Waals surface area contributed by atoms with Crippen LogP contribution in [0.1, 0.15) is 61.1 Å². The molecule has 1 aliphatic rings. The fourth-order valence-electron chi connectivity index (χ4n) is 3.88. The second kappa shape index (κ2) is 9.72. The summed E-state index contributed by atoms with van der Waals surface area (Å²) in [4.78, 5) is 27.5. The van der Waals surface area contributed by atoms with Crippen LogP contribution in [-0.2, 0) is 11.2 Å². The first-order valence-corrected chi connectivity index (χ1v) is 10.8. The molecule has 1 aromatic heterocycles. The maximum atomic E-state index is 13.2. The van der Waals surface area contributed by atoms with E-state index >= 15 is 0 Å². The molecule has 1 unspecified atom stereocenters. The highest BCUT2D eigenvalue weighted by Gasteiger charge is 2.30. The van der Waals surface area contributed by atoms with Crippen LogP contribution in [0.2, 0.25) is 0 Å². The first kappa shape index (κ1) is 21.1. The van der Waals surface area contributed by atoms with E-state index in [0.29, 0.717) is 31.6 Å². The number of likely N-dealkylation sites (tertiary alicyclic amines) is 1. The predicted octanol–water partition coefficient (Wildman–Crippen LogP) is 3.51. The molecule has 2 amide bonds. The van der Waals surface area contributed by atoms with Crippen LogP contribution >= 0.6 is 0 Å². The van der Waals surface area contributed by atoms with Gasteiger partial charge in [-0.25, -0.2) is 4.68 Å². The minimum Gasteiger partial charge on any atom is -0.356 e. The van der Waals surface area contributed by atoms with Crippen LogP contribution < -0.4 is 5.32 Å². The van der Waals surface area contributed by atoms with Crippen LogP contribution in [-0.4, -0.2) is 46.1 Å². The molecule has 1 fully saturated rings. The first-order chi connectivity index (χ1) is 14.0. The molecule has 29 heavy (non-hydrogen) atoms. The number of unbranched alkanes of at least 4 members (excludes halogenated alkanes) is 1. The normalized spacial score (nSPS) is 16.7. The number of hydrogen-bond donors (Lipinski definition) is 1. The van der Waals surface area contributed by atoms with Gasteiger partial charge < -0.3 is 10.2 Å². The van der Waals surface area contributed by atoms with Crippen molar-refractivity contribution in [3.63, 3.8) is 0 Å². The van der Waals surface area contributed by atoms with Gasteiger partial charge in [0.15, 0.2) is 0 Å². The molecule has 0 radical (unpaired) electrons. The molecule has 2 aromatic rings. The Balaban J connectivity index is 1.74. The van der Waals surface area contributed by atoms with Crippen molar-refractivity contribution in [3.8, 4) is 5.69 Å². The van der Waals surface area contributed by atoms with Gasteiger partial charge in [0.2, 0.25) is 5.91 Å². The van der Waals surface area contributed by atoms with E-state index in [1.54, 1.807) is 6.20 Å². The number of aromatic nitrogens is 2. The second-order valence-corrected chi connectivity index (χ2v) is 7.84. The largest absolute Gasteiger partial charge is 0.356 e. The topological polar surface area (TPSA) is 67.2 Å². The van der Waals surface area contributed by atoms with Gasteiger partial charge >= 0.3 is 0 Å². The zero-order chi connectivity index (χ0) is 20.8. The van der Waals surface area contributed by atoms with Crippen LogP contribution in [0.25, 0.3) is 5.69 Å². The maximum Gasteiger partial charge on any atom is 0.257 e. The number of piperidine rings is 1. The van der Waals surface area contributed by atoms with Gasteiger partial charge in [0.05, 0.1) is 29.1 Å². The molecule has 6 nitrogen and oxygen atoms in total. The van der Waals surface area contributed by atoms with Gasteiger partial charge in [0.25, 0.3) is 5.91 Å². The smallest absolute Gasteiger partial charge is 0.257 e. The summed E-state index contributed by atoms with van der Waals surface area (Å²) in [5.41, 5.74) is 3.69. The fraction of sp³-hybridized carbons (Fsp3) is 0.522. The summed E-state index contributed by atoms with van der Waals surface area (Å²) in [5.74, 6) is -0.0740. The van der Waals surface area contributed by atoms with Crippen molar-refractivity contribution in [2.75, 3.05) is 19.6 Å². The highest BCUT2D eigenvalue weighted by Crippen LogP contribution is 2.22. The molecule has 1 aromatic carbocycles. The minimum absolute atomic E-state index is 0.0220. The molecule has 2 heterocycles. The van der Waals surface area contributed by atoms with Crippen molar-refractivity contribution in [1.82, 2.24) is 20.0 Å². The second-order valence-electron chi connectivity index (χ2n) is 7.84. The van der Waals surface area contributed by atoms with Crippen LogP contribution in [0, 0.1) is 12.8 Å². The molecule has 1 N–H and O–H groups in total. The average Bonchev–Trinajstić information content (AvgIpc) is 3.18. The zero-order valence-corrected chi connectivity index (χ0v) is 17.8. The summed E-state index contributed by atoms with van der Waals surface area (Å²) in [6, 6.07) is 8.13. The first-order valence-electron chi connectivity index (χ1n) is 10.8. The fourth-order valence-corrected chi connectivity index (χ4v) is 3.88. The molecule has 0 bridgehead atoms. The lowest BCUT2D eigenvalue weighted by Gasteiger charge is -2.32. The molecular weight excluding hydrogens is 364 g/mol. The van der Waals surface area contributed by atoms with Crippen molar-refractivity contribution in [1.29, 1.82) is 0 Å². The molecule has 1 aliphatic heterocycles. The monoisotopic (exact) mass is 396 g/mol. The van der Waals surface area contributed by atoms with Crippen LogP contribution in [0.5, 0.6) is 0 Å². The standard InChI is InChI=1S/C23H32N4O2/c1-4-6-13-24-22(28)18-8-7-14-26(16-18)23(29)20-15-25-27(21(20)5-2)19-11-9-17(3)10-12-19/h9-12,15,18H,4-8,13-14,16H2,1-3H3,(H,24,28). The Labute approximate surface area is 173 Å². The molecule has 1 saturated heterocycles. The molecule has 3 rings (SSSR count). The lowest BCUT2D eigenvalue weighted by molar-refractivity contribution is -0.126. The molecular formula is C23H32N4O2. The Kier molecular flexibility index (Phi) is 7.07. The Hall–Kier alpha value is -2.63. The third-order valence-corrected chi connectivity index (χ3v) is 5.62. The third kappa shape index (κ3) is 4.86. The molecule has 0 spiro atoms. The Morgan fingerprint density at radius 1 is 1.21 bits per heavy atom. The van der Waals surface area contributed by atoms with Crippen molar-refractivity contribution < 1.29 is 9.59 Å². The van der Waals surface area contributed by atoms with E-state index in [1.165, 1.54) is 5.56 Å². The number of aryl methyl sites for hydroxylation is 1. The molecule has 0 aliphatic carbocycles. The van der Waals surface area contributed by atoms with E-state index < -0.39 is 0 Å². The highest BCUT2D eigenvalue weighted by molar-refractivity contribution is 5.95. The molecule has 0 saturated carbocycles. The van der Waals surface area contributed by atoms with Gasteiger partial charge in [-0.05, 0) is 44.7 Å². The van der Waals surface area contributed by atoms with Crippen molar-refractivity contribution in [2.24, 2.45) is 5.92 Å². The van der Waals surface area contributed by atoms with Crippen LogP contribution in [0.4, 0.5) is 0 Å². The summed E-state index contributed by atoms with van der Waals surface area (Å²) in [6.07, 6.45) is 6.12. The van der Waals surface area contributed by atoms with Crippen LogP contribution in [0.3, 0.4) is 0 Å². The van der Waals surface area contributed by atoms with E-state index in [9.17, 15) is 9.59 Å². The van der Waals surface area contributed by atoms with E-state index in [2.05, 4.69) is 17.3 Å². The highest BCUT2D eigenvalue weighted by atomic mass is 16.2. The lowest BCUT2D eigenvalue weighted by Crippen LogP contribution is -2.45. The van der Waals surface area contributed by atoms with Gasteiger partial charge in [0, 0.05) is 19.6 Å². The number of carbonyl (C=O) groups excluding carboxylic acids is 2. The van der Waals surface area contributed by atoms with Crippen molar-refractivity contribution >= 4 is 11.8 Å². The van der Waals surface area contributed by atoms with Gasteiger partial charge in [-0.2, -0.15) is 5.10 Å². The summed E-state index contributed by atoms with van der Waals surface area (Å²) in [6.45, 7) is 8.08. The minimum atomic E-state index is -0.123. The number of amides is 2. The van der Waals surface area contributed by atoms with E-state index in [1.807, 2.05) is 47.7 Å². The average molecular weight is 397 g/mol. The number of nitrogens with one attached hydrogen (secondary N) is 1. The molecule has 156 valence electrons. The van der Waals surface area contributed by atoms with Gasteiger partial charge in [-0.3, -0.25) is 9.59 Å². The third-order valence-electron chi connectivity index (χ3n) is 5.62. The summed E-state index contributed by atoms with van der Waals surface area (Å²) in [7, 11) is 0. The van der Waals surface area contributed by atoms with Crippen molar-refractivity contribution in [2.45, 2.75) is 52.9 Å². The van der Waals surface area contributed by atoms with E-state index in [-0.39, 0.29) is 17.7 Å². The number of hydrogen-bond acceptors (Lipinski definition) is 3. The quantitative estimate of drug-likeness (QED) is 0.728. The summed E-state index contributed by atoms with van der Waals surface area (Å²) < 4.78 is 1.85. The van der Waals surface area contributed by atoms with E-state index in [0.717, 1.165) is 37.1 Å². The molecule has 1 atom stereocenters. The SMILES string of the molecule is CCCCNC(=O)C1CCCN(C(=O)c2cnn(-c3ccc(C)cc3)c2CC)C1. The Morgan fingerprint density at radius 3 is 2.66 bits per heavy atom. The predicted molar refractivity (Wildman–Crippen MR) is 114 cm³/mol. The van der Waals surface area contributed by atoms with Gasteiger partial charge in [-0.15, -0.1) is 0 Å². The molecule has 6 heteroatoms. The zero-order valence-electron chi connectivity index (χ0n) is 17.8. The number of nitrogens with zero attached hydrogens (tertiary/aromatic N) is 3. The lowest BCUT2D eigenvalue weighted by atomic mass is 9.96. The van der Waals surface area contributed by atoms with Gasteiger partial charge in [0.1, 0.15) is 0 Å². The Morgan fingerprint density at radius 2 is 1.97 bits per heavy atom. The van der Waals surface area contributed by atoms with Gasteiger partial charge in [-0.1, -0.05) is 38.0 Å².